The van der Waals surface area contributed by atoms with Gasteiger partial charge in [0.05, 0.1) is 5.69 Å². The summed E-state index contributed by atoms with van der Waals surface area (Å²) >= 11 is 3.32. The van der Waals surface area contributed by atoms with Crippen LogP contribution in [0.3, 0.4) is 0 Å². The Morgan fingerprint density at radius 3 is 2.71 bits per heavy atom. The first-order valence-corrected chi connectivity index (χ1v) is 5.92. The summed E-state index contributed by atoms with van der Waals surface area (Å²) in [4.78, 5) is 0. The standard InChI is InChI=1S/C13H11BrFNO/c14-10-5-6-13(17)9(7-10)8-16-12-4-2-1-3-11(12)15/h1-7,16-17H,8H2. The summed E-state index contributed by atoms with van der Waals surface area (Å²) in [6, 6.07) is 11.6. The molecule has 0 aliphatic heterocycles. The molecule has 4 heteroatoms. The number of phenols is 1. The van der Waals surface area contributed by atoms with E-state index in [2.05, 4.69) is 21.2 Å². The van der Waals surface area contributed by atoms with Crippen LogP contribution in [0.25, 0.3) is 0 Å². The Labute approximate surface area is 107 Å². The maximum Gasteiger partial charge on any atom is 0.146 e. The Bertz CT molecular complexity index is 531. The highest BCUT2D eigenvalue weighted by atomic mass is 79.9. The maximum atomic E-state index is 13.3. The number of benzene rings is 2. The number of nitrogens with one attached hydrogen (secondary N) is 1. The van der Waals surface area contributed by atoms with Crippen LogP contribution in [-0.4, -0.2) is 5.11 Å². The van der Waals surface area contributed by atoms with Crippen LogP contribution in [0.2, 0.25) is 0 Å². The van der Waals surface area contributed by atoms with Crippen LogP contribution in [0.1, 0.15) is 5.56 Å². The van der Waals surface area contributed by atoms with Gasteiger partial charge in [-0.3, -0.25) is 0 Å². The SMILES string of the molecule is Oc1ccc(Br)cc1CNc1ccccc1F. The smallest absolute Gasteiger partial charge is 0.146 e. The summed E-state index contributed by atoms with van der Waals surface area (Å²) in [5, 5.41) is 12.6. The summed E-state index contributed by atoms with van der Waals surface area (Å²) in [7, 11) is 0. The van der Waals surface area contributed by atoms with Gasteiger partial charge in [0.25, 0.3) is 0 Å². The van der Waals surface area contributed by atoms with E-state index >= 15 is 0 Å². The van der Waals surface area contributed by atoms with E-state index < -0.39 is 0 Å². The minimum atomic E-state index is -0.304. The second kappa shape index (κ2) is 5.19. The third kappa shape index (κ3) is 2.97. The fourth-order valence-corrected chi connectivity index (χ4v) is 1.90. The lowest BCUT2D eigenvalue weighted by molar-refractivity contribution is 0.469. The third-order valence-corrected chi connectivity index (χ3v) is 2.88. The fraction of sp³-hybridized carbons (Fsp3) is 0.0769. The lowest BCUT2D eigenvalue weighted by Crippen LogP contribution is -2.01. The Morgan fingerprint density at radius 1 is 1.18 bits per heavy atom. The van der Waals surface area contributed by atoms with Crippen molar-refractivity contribution in [3.63, 3.8) is 0 Å². The zero-order chi connectivity index (χ0) is 12.3. The maximum absolute atomic E-state index is 13.3. The molecule has 2 nitrogen and oxygen atoms in total. The van der Waals surface area contributed by atoms with Gasteiger partial charge in [0.1, 0.15) is 11.6 Å². The highest BCUT2D eigenvalue weighted by Gasteiger charge is 2.04. The second-order valence-electron chi connectivity index (χ2n) is 3.61. The molecule has 0 fully saturated rings. The van der Waals surface area contributed by atoms with Gasteiger partial charge in [0.15, 0.2) is 0 Å². The first kappa shape index (κ1) is 11.9. The molecule has 0 aliphatic carbocycles. The quantitative estimate of drug-likeness (QED) is 0.900. The van der Waals surface area contributed by atoms with Crippen molar-refractivity contribution in [2.75, 3.05) is 5.32 Å². The van der Waals surface area contributed by atoms with Crippen molar-refractivity contribution < 1.29 is 9.50 Å². The van der Waals surface area contributed by atoms with Crippen LogP contribution < -0.4 is 5.32 Å². The molecule has 17 heavy (non-hydrogen) atoms. The van der Waals surface area contributed by atoms with E-state index in [4.69, 9.17) is 0 Å². The van der Waals surface area contributed by atoms with Crippen molar-refractivity contribution in [1.82, 2.24) is 0 Å². The third-order valence-electron chi connectivity index (χ3n) is 2.38. The fourth-order valence-electron chi connectivity index (χ4n) is 1.49. The predicted molar refractivity (Wildman–Crippen MR) is 69.5 cm³/mol. The number of para-hydroxylation sites is 1. The van der Waals surface area contributed by atoms with Crippen LogP contribution in [0.5, 0.6) is 5.75 Å². The normalized spacial score (nSPS) is 10.2. The number of phenolic OH excluding ortho intramolecular Hbond substituents is 1. The van der Waals surface area contributed by atoms with Crippen LogP contribution in [0.15, 0.2) is 46.9 Å². The highest BCUT2D eigenvalue weighted by molar-refractivity contribution is 9.10. The summed E-state index contributed by atoms with van der Waals surface area (Å²) in [6.45, 7) is 0.367. The monoisotopic (exact) mass is 295 g/mol. The Hall–Kier alpha value is -1.55. The number of rotatable bonds is 3. The molecule has 88 valence electrons. The minimum absolute atomic E-state index is 0.192. The first-order chi connectivity index (χ1) is 8.16. The molecule has 0 spiro atoms. The first-order valence-electron chi connectivity index (χ1n) is 5.12. The molecule has 0 aromatic heterocycles. The average molecular weight is 296 g/mol. The van der Waals surface area contributed by atoms with Crippen molar-refractivity contribution in [1.29, 1.82) is 0 Å². The molecule has 0 bridgehead atoms. The van der Waals surface area contributed by atoms with Crippen molar-refractivity contribution in [2.24, 2.45) is 0 Å². The van der Waals surface area contributed by atoms with Crippen molar-refractivity contribution in [2.45, 2.75) is 6.54 Å². The zero-order valence-electron chi connectivity index (χ0n) is 8.95. The number of aromatic hydroxyl groups is 1. The lowest BCUT2D eigenvalue weighted by atomic mass is 10.2. The Balaban J connectivity index is 2.12. The number of anilines is 1. The molecular weight excluding hydrogens is 285 g/mol. The molecule has 2 N–H and O–H groups in total. The molecule has 0 radical (unpaired) electrons. The number of hydrogen-bond acceptors (Lipinski definition) is 2. The van der Waals surface area contributed by atoms with Gasteiger partial charge in [0.2, 0.25) is 0 Å². The molecule has 0 aliphatic rings. The van der Waals surface area contributed by atoms with Crippen LogP contribution in [0.4, 0.5) is 10.1 Å². The van der Waals surface area contributed by atoms with E-state index in [0.29, 0.717) is 17.8 Å². The molecule has 0 unspecified atom stereocenters. The molecule has 0 amide bonds. The molecule has 0 heterocycles. The van der Waals surface area contributed by atoms with E-state index in [-0.39, 0.29) is 11.6 Å². The van der Waals surface area contributed by atoms with Crippen molar-refractivity contribution >= 4 is 21.6 Å². The second-order valence-corrected chi connectivity index (χ2v) is 4.52. The van der Waals surface area contributed by atoms with E-state index in [0.717, 1.165) is 4.47 Å². The Morgan fingerprint density at radius 2 is 1.94 bits per heavy atom. The zero-order valence-corrected chi connectivity index (χ0v) is 10.5. The molecule has 0 saturated carbocycles. The van der Waals surface area contributed by atoms with Crippen LogP contribution in [-0.2, 0) is 6.54 Å². The largest absolute Gasteiger partial charge is 0.508 e. The lowest BCUT2D eigenvalue weighted by Gasteiger charge is -2.09. The van der Waals surface area contributed by atoms with Gasteiger partial charge in [-0.15, -0.1) is 0 Å². The van der Waals surface area contributed by atoms with E-state index in [9.17, 15) is 9.50 Å². The van der Waals surface area contributed by atoms with Crippen LogP contribution >= 0.6 is 15.9 Å². The molecule has 0 saturated heterocycles. The summed E-state index contributed by atoms with van der Waals surface area (Å²) in [6.07, 6.45) is 0. The van der Waals surface area contributed by atoms with E-state index in [1.54, 1.807) is 36.4 Å². The van der Waals surface area contributed by atoms with Gasteiger partial charge < -0.3 is 10.4 Å². The van der Waals surface area contributed by atoms with Crippen molar-refractivity contribution in [3.05, 3.63) is 58.3 Å². The predicted octanol–water partition coefficient (Wildman–Crippen LogP) is 3.91. The van der Waals surface area contributed by atoms with Gasteiger partial charge >= 0.3 is 0 Å². The van der Waals surface area contributed by atoms with Gasteiger partial charge in [0, 0.05) is 16.6 Å². The summed E-state index contributed by atoms with van der Waals surface area (Å²) in [5.41, 5.74) is 1.13. The topological polar surface area (TPSA) is 32.3 Å². The highest BCUT2D eigenvalue weighted by Crippen LogP contribution is 2.23. The summed E-state index contributed by atoms with van der Waals surface area (Å²) < 4.78 is 14.2. The molecule has 2 rings (SSSR count). The van der Waals surface area contributed by atoms with E-state index in [1.165, 1.54) is 6.07 Å². The number of halogens is 2. The molecule has 2 aromatic carbocycles. The number of hydrogen-bond donors (Lipinski definition) is 2. The van der Waals surface area contributed by atoms with Gasteiger partial charge in [-0.05, 0) is 30.3 Å². The minimum Gasteiger partial charge on any atom is -0.508 e. The average Bonchev–Trinajstić information content (AvgIpc) is 2.32. The molecule has 2 aromatic rings. The summed E-state index contributed by atoms with van der Waals surface area (Å²) in [5.74, 6) is -0.112. The molecular formula is C13H11BrFNO. The van der Waals surface area contributed by atoms with Gasteiger partial charge in [-0.1, -0.05) is 28.1 Å². The Kier molecular flexibility index (Phi) is 3.64. The van der Waals surface area contributed by atoms with Crippen molar-refractivity contribution in [3.8, 4) is 5.75 Å². The molecule has 0 atom stereocenters. The van der Waals surface area contributed by atoms with Gasteiger partial charge in [-0.2, -0.15) is 0 Å². The van der Waals surface area contributed by atoms with Crippen LogP contribution in [0, 0.1) is 5.82 Å². The van der Waals surface area contributed by atoms with E-state index in [1.807, 2.05) is 0 Å². The van der Waals surface area contributed by atoms with Gasteiger partial charge in [-0.25, -0.2) is 4.39 Å².